The molecule has 0 aliphatic rings. The molecule has 0 fully saturated rings. The Kier molecular flexibility index (Phi) is 3.99. The van der Waals surface area contributed by atoms with Crippen LogP contribution in [0, 0.1) is 5.82 Å². The number of fused-ring (bicyclic) bond motifs is 1. The fraction of sp³-hybridized carbons (Fsp3) is 0. The number of benzene rings is 2. The Hall–Kier alpha value is -2.70. The highest BCUT2D eigenvalue weighted by Gasteiger charge is 2.13. The van der Waals surface area contributed by atoms with Gasteiger partial charge >= 0.3 is 0 Å². The number of hydrogen-bond donors (Lipinski definition) is 0. The van der Waals surface area contributed by atoms with Crippen molar-refractivity contribution in [2.24, 2.45) is 0 Å². The van der Waals surface area contributed by atoms with E-state index < -0.39 is 0 Å². The molecule has 5 nitrogen and oxygen atoms in total. The maximum absolute atomic E-state index is 13.0. The second kappa shape index (κ2) is 6.31. The molecule has 0 unspecified atom stereocenters. The summed E-state index contributed by atoms with van der Waals surface area (Å²) < 4.78 is 20.3. The monoisotopic (exact) mass is 374 g/mol. The van der Waals surface area contributed by atoms with Gasteiger partial charge in [-0.3, -0.25) is 0 Å². The van der Waals surface area contributed by atoms with Crippen molar-refractivity contribution < 1.29 is 9.13 Å². The second-order valence-electron chi connectivity index (χ2n) is 5.13. The number of rotatable bonds is 3. The van der Waals surface area contributed by atoms with Crippen LogP contribution in [-0.2, 0) is 0 Å². The number of nitrogens with zero attached hydrogens (tertiary/aromatic N) is 4. The van der Waals surface area contributed by atoms with E-state index in [4.69, 9.17) is 27.9 Å². The molecule has 0 atom stereocenters. The smallest absolute Gasteiger partial charge is 0.233 e. The average Bonchev–Trinajstić information content (AvgIpc) is 3.04. The van der Waals surface area contributed by atoms with Crippen molar-refractivity contribution in [2.45, 2.75) is 0 Å². The number of hydrogen-bond acceptors (Lipinski definition) is 4. The molecule has 4 rings (SSSR count). The van der Waals surface area contributed by atoms with Crippen molar-refractivity contribution in [2.75, 3.05) is 0 Å². The summed E-state index contributed by atoms with van der Waals surface area (Å²) in [7, 11) is 0. The van der Waals surface area contributed by atoms with Gasteiger partial charge in [-0.05, 0) is 42.5 Å². The van der Waals surface area contributed by atoms with Crippen LogP contribution in [-0.4, -0.2) is 19.7 Å². The molecule has 4 aromatic rings. The van der Waals surface area contributed by atoms with E-state index in [0.717, 1.165) is 0 Å². The molecule has 0 spiro atoms. The minimum atomic E-state index is -0.340. The van der Waals surface area contributed by atoms with Gasteiger partial charge in [-0.2, -0.15) is 5.10 Å². The van der Waals surface area contributed by atoms with Crippen LogP contribution in [0.5, 0.6) is 11.6 Å². The predicted octanol–water partition coefficient (Wildman–Crippen LogP) is 5.05. The summed E-state index contributed by atoms with van der Waals surface area (Å²) in [5.41, 5.74) is 1.25. The van der Waals surface area contributed by atoms with Crippen LogP contribution >= 0.6 is 23.2 Å². The molecular formula is C17H9Cl2FN4O. The topological polar surface area (TPSA) is 52.8 Å². The van der Waals surface area contributed by atoms with Gasteiger partial charge in [0.2, 0.25) is 5.88 Å². The highest BCUT2D eigenvalue weighted by Crippen LogP contribution is 2.29. The molecule has 8 heteroatoms. The third-order valence-electron chi connectivity index (χ3n) is 3.51. The molecule has 25 heavy (non-hydrogen) atoms. The lowest BCUT2D eigenvalue weighted by atomic mass is 10.3. The molecule has 0 bridgehead atoms. The Balaban J connectivity index is 1.77. The summed E-state index contributed by atoms with van der Waals surface area (Å²) >= 11 is 12.0. The van der Waals surface area contributed by atoms with Crippen LogP contribution in [0.1, 0.15) is 0 Å². The van der Waals surface area contributed by atoms with E-state index in [1.165, 1.54) is 30.6 Å². The van der Waals surface area contributed by atoms with E-state index in [1.54, 1.807) is 29.1 Å². The molecule has 0 amide bonds. The van der Waals surface area contributed by atoms with Gasteiger partial charge in [0.05, 0.1) is 21.9 Å². The molecule has 0 saturated heterocycles. The first-order valence-electron chi connectivity index (χ1n) is 7.19. The first kappa shape index (κ1) is 15.8. The Morgan fingerprint density at radius 1 is 0.960 bits per heavy atom. The van der Waals surface area contributed by atoms with Crippen molar-refractivity contribution in [3.05, 3.63) is 70.9 Å². The van der Waals surface area contributed by atoms with Crippen molar-refractivity contribution in [1.82, 2.24) is 19.7 Å². The summed E-state index contributed by atoms with van der Waals surface area (Å²) in [6.45, 7) is 0. The summed E-state index contributed by atoms with van der Waals surface area (Å²) in [5.74, 6) is 0.444. The van der Waals surface area contributed by atoms with E-state index in [-0.39, 0.29) is 5.82 Å². The van der Waals surface area contributed by atoms with Gasteiger partial charge in [0.1, 0.15) is 23.3 Å². The molecule has 0 aliphatic carbocycles. The van der Waals surface area contributed by atoms with Crippen LogP contribution in [0.4, 0.5) is 4.39 Å². The third-order valence-corrected chi connectivity index (χ3v) is 4.24. The Bertz CT molecular complexity index is 1070. The lowest BCUT2D eigenvalue weighted by Crippen LogP contribution is -1.98. The molecule has 124 valence electrons. The standard InChI is InChI=1S/C17H9Cl2FN4O/c18-14-6-3-11(7-15(14)19)24-16-13(8-23-24)17(22-9-21-16)25-12-4-1-10(20)2-5-12/h1-9H. The zero-order valence-electron chi connectivity index (χ0n) is 12.5. The number of halogens is 3. The largest absolute Gasteiger partial charge is 0.438 e. The summed E-state index contributed by atoms with van der Waals surface area (Å²) in [5, 5.41) is 5.81. The summed E-state index contributed by atoms with van der Waals surface area (Å²) in [6, 6.07) is 10.8. The summed E-state index contributed by atoms with van der Waals surface area (Å²) in [6.07, 6.45) is 2.97. The lowest BCUT2D eigenvalue weighted by molar-refractivity contribution is 0.466. The highest BCUT2D eigenvalue weighted by molar-refractivity contribution is 6.42. The van der Waals surface area contributed by atoms with Crippen molar-refractivity contribution >= 4 is 34.2 Å². The first-order valence-corrected chi connectivity index (χ1v) is 7.95. The zero-order valence-corrected chi connectivity index (χ0v) is 14.0. The average molecular weight is 375 g/mol. The van der Waals surface area contributed by atoms with Gasteiger partial charge in [0.25, 0.3) is 0 Å². The van der Waals surface area contributed by atoms with Gasteiger partial charge < -0.3 is 4.74 Å². The Morgan fingerprint density at radius 3 is 2.52 bits per heavy atom. The quantitative estimate of drug-likeness (QED) is 0.503. The second-order valence-corrected chi connectivity index (χ2v) is 5.94. The fourth-order valence-electron chi connectivity index (χ4n) is 2.32. The zero-order chi connectivity index (χ0) is 17.4. The first-order chi connectivity index (χ1) is 12.1. The van der Waals surface area contributed by atoms with E-state index in [9.17, 15) is 4.39 Å². The van der Waals surface area contributed by atoms with Gasteiger partial charge in [-0.1, -0.05) is 23.2 Å². The van der Waals surface area contributed by atoms with E-state index in [0.29, 0.717) is 38.4 Å². The van der Waals surface area contributed by atoms with Gasteiger partial charge in [0.15, 0.2) is 5.65 Å². The van der Waals surface area contributed by atoms with Crippen molar-refractivity contribution in [1.29, 1.82) is 0 Å². The van der Waals surface area contributed by atoms with Gasteiger partial charge in [-0.25, -0.2) is 19.0 Å². The molecular weight excluding hydrogens is 366 g/mol. The molecule has 2 aromatic heterocycles. The molecule has 0 aliphatic heterocycles. The predicted molar refractivity (Wildman–Crippen MR) is 93.2 cm³/mol. The van der Waals surface area contributed by atoms with E-state index in [2.05, 4.69) is 15.1 Å². The Morgan fingerprint density at radius 2 is 1.76 bits per heavy atom. The van der Waals surface area contributed by atoms with Crippen molar-refractivity contribution in [3.8, 4) is 17.3 Å². The molecule has 0 saturated carbocycles. The van der Waals surface area contributed by atoms with Crippen molar-refractivity contribution in [3.63, 3.8) is 0 Å². The van der Waals surface area contributed by atoms with Crippen LogP contribution in [0.3, 0.4) is 0 Å². The third kappa shape index (κ3) is 3.01. The SMILES string of the molecule is Fc1ccc(Oc2ncnc3c2cnn3-c2ccc(Cl)c(Cl)c2)cc1. The molecule has 2 aromatic carbocycles. The number of aromatic nitrogens is 4. The summed E-state index contributed by atoms with van der Waals surface area (Å²) in [4.78, 5) is 8.39. The molecule has 2 heterocycles. The minimum absolute atomic E-state index is 0.322. The lowest BCUT2D eigenvalue weighted by Gasteiger charge is -2.06. The van der Waals surface area contributed by atoms with Gasteiger partial charge in [-0.15, -0.1) is 0 Å². The fourth-order valence-corrected chi connectivity index (χ4v) is 2.62. The van der Waals surface area contributed by atoms with Crippen LogP contribution < -0.4 is 4.74 Å². The van der Waals surface area contributed by atoms with Gasteiger partial charge in [0, 0.05) is 0 Å². The van der Waals surface area contributed by atoms with Crippen LogP contribution in [0.25, 0.3) is 16.7 Å². The molecule has 0 N–H and O–H groups in total. The van der Waals surface area contributed by atoms with E-state index in [1.807, 2.05) is 0 Å². The van der Waals surface area contributed by atoms with E-state index >= 15 is 0 Å². The highest BCUT2D eigenvalue weighted by atomic mass is 35.5. The minimum Gasteiger partial charge on any atom is -0.438 e. The Labute approximate surface area is 151 Å². The van der Waals surface area contributed by atoms with Crippen LogP contribution in [0.15, 0.2) is 55.0 Å². The maximum atomic E-state index is 13.0. The molecule has 0 radical (unpaired) electrons. The normalized spacial score (nSPS) is 11.0. The number of ether oxygens (including phenoxy) is 1. The maximum Gasteiger partial charge on any atom is 0.233 e. The van der Waals surface area contributed by atoms with Crippen LogP contribution in [0.2, 0.25) is 10.0 Å².